The number of hydrogen-bond donors (Lipinski definition) is 2. The molecular weight excluding hydrogens is 270 g/mol. The van der Waals surface area contributed by atoms with Crippen molar-refractivity contribution < 1.29 is 4.79 Å². The van der Waals surface area contributed by atoms with E-state index in [9.17, 15) is 4.79 Å². The fourth-order valence-electron chi connectivity index (χ4n) is 1.71. The van der Waals surface area contributed by atoms with Crippen LogP contribution in [0.2, 0.25) is 4.34 Å². The molecule has 18 heavy (non-hydrogen) atoms. The molecule has 0 aliphatic carbocycles. The molecule has 1 aromatic heterocycles. The fraction of sp³-hybridized carbons (Fsp3) is 0.583. The molecule has 1 rings (SSSR count). The van der Waals surface area contributed by atoms with Crippen molar-refractivity contribution in [2.45, 2.75) is 25.9 Å². The second-order valence-corrected chi connectivity index (χ2v) is 5.97. The summed E-state index contributed by atoms with van der Waals surface area (Å²) in [5.41, 5.74) is 5.73. The Morgan fingerprint density at radius 3 is 2.83 bits per heavy atom. The Bertz CT molecular complexity index is 383. The van der Waals surface area contributed by atoms with Crippen molar-refractivity contribution in [2.24, 2.45) is 5.73 Å². The highest BCUT2D eigenvalue weighted by Gasteiger charge is 2.17. The molecule has 0 radical (unpaired) electrons. The van der Waals surface area contributed by atoms with Gasteiger partial charge in [-0.05, 0) is 26.1 Å². The minimum absolute atomic E-state index is 0.0454. The van der Waals surface area contributed by atoms with Crippen LogP contribution in [-0.2, 0) is 11.3 Å². The normalized spacial score (nSPS) is 12.7. The number of carbonyl (C=O) groups is 1. The first-order chi connectivity index (χ1) is 8.56. The van der Waals surface area contributed by atoms with Crippen LogP contribution in [0, 0.1) is 0 Å². The van der Waals surface area contributed by atoms with Gasteiger partial charge in [0, 0.05) is 37.0 Å². The predicted molar refractivity (Wildman–Crippen MR) is 76.9 cm³/mol. The van der Waals surface area contributed by atoms with Crippen LogP contribution in [0.15, 0.2) is 12.1 Å². The Kier molecular flexibility index (Phi) is 6.63. The van der Waals surface area contributed by atoms with Crippen LogP contribution in [0.1, 0.15) is 18.2 Å². The number of nitrogens with one attached hydrogen (secondary N) is 1. The van der Waals surface area contributed by atoms with Gasteiger partial charge in [0.1, 0.15) is 0 Å². The van der Waals surface area contributed by atoms with Crippen LogP contribution in [0.25, 0.3) is 0 Å². The summed E-state index contributed by atoms with van der Waals surface area (Å²) in [6.45, 7) is 3.79. The van der Waals surface area contributed by atoms with E-state index in [-0.39, 0.29) is 11.9 Å². The molecule has 6 heteroatoms. The highest BCUT2D eigenvalue weighted by atomic mass is 35.5. The van der Waals surface area contributed by atoms with E-state index >= 15 is 0 Å². The summed E-state index contributed by atoms with van der Waals surface area (Å²) >= 11 is 7.45. The number of amides is 1. The number of nitrogens with zero attached hydrogens (tertiary/aromatic N) is 1. The summed E-state index contributed by atoms with van der Waals surface area (Å²) in [6, 6.07) is 3.94. The first-order valence-corrected chi connectivity index (χ1v) is 7.17. The van der Waals surface area contributed by atoms with Crippen molar-refractivity contribution >= 4 is 28.8 Å². The van der Waals surface area contributed by atoms with E-state index in [4.69, 9.17) is 17.3 Å². The number of thiophene rings is 1. The summed E-state index contributed by atoms with van der Waals surface area (Å²) < 4.78 is 0.784. The number of likely N-dealkylation sites (N-methyl/N-ethyl adjacent to an activating group) is 1. The van der Waals surface area contributed by atoms with Crippen molar-refractivity contribution in [3.8, 4) is 0 Å². The van der Waals surface area contributed by atoms with Gasteiger partial charge in [0.2, 0.25) is 5.91 Å². The zero-order chi connectivity index (χ0) is 13.5. The standard InChI is InChI=1S/C12H20ClN3OS/c1-3-15-12(17)6-9(7-14)16(2)8-10-4-5-11(13)18-10/h4-5,9H,3,6-8,14H2,1-2H3,(H,15,17). The van der Waals surface area contributed by atoms with E-state index in [0.29, 0.717) is 19.5 Å². The summed E-state index contributed by atoms with van der Waals surface area (Å²) in [5, 5.41) is 2.79. The van der Waals surface area contributed by atoms with Gasteiger partial charge in [0.05, 0.1) is 4.34 Å². The third kappa shape index (κ3) is 4.94. The lowest BCUT2D eigenvalue weighted by molar-refractivity contribution is -0.122. The average molecular weight is 290 g/mol. The maximum Gasteiger partial charge on any atom is 0.221 e. The third-order valence-electron chi connectivity index (χ3n) is 2.72. The van der Waals surface area contributed by atoms with Crippen molar-refractivity contribution in [2.75, 3.05) is 20.1 Å². The lowest BCUT2D eigenvalue weighted by Crippen LogP contribution is -2.41. The van der Waals surface area contributed by atoms with Gasteiger partial charge >= 0.3 is 0 Å². The molecule has 0 spiro atoms. The maximum atomic E-state index is 11.6. The van der Waals surface area contributed by atoms with Crippen LogP contribution < -0.4 is 11.1 Å². The van der Waals surface area contributed by atoms with Crippen LogP contribution in [0.4, 0.5) is 0 Å². The van der Waals surface area contributed by atoms with Gasteiger partial charge in [-0.2, -0.15) is 0 Å². The minimum atomic E-state index is 0.0454. The Labute approximate surface area is 117 Å². The van der Waals surface area contributed by atoms with Gasteiger partial charge in [0.15, 0.2) is 0 Å². The van der Waals surface area contributed by atoms with Gasteiger partial charge in [-0.3, -0.25) is 9.69 Å². The lowest BCUT2D eigenvalue weighted by atomic mass is 10.1. The zero-order valence-electron chi connectivity index (χ0n) is 10.8. The molecule has 1 heterocycles. The van der Waals surface area contributed by atoms with E-state index in [1.165, 1.54) is 4.88 Å². The van der Waals surface area contributed by atoms with Crippen molar-refractivity contribution in [1.82, 2.24) is 10.2 Å². The molecule has 0 aromatic carbocycles. The van der Waals surface area contributed by atoms with Crippen LogP contribution in [0.5, 0.6) is 0 Å². The number of halogens is 1. The van der Waals surface area contributed by atoms with Gasteiger partial charge in [-0.25, -0.2) is 0 Å². The van der Waals surface area contributed by atoms with Crippen LogP contribution in [-0.4, -0.2) is 37.0 Å². The Morgan fingerprint density at radius 2 is 2.33 bits per heavy atom. The molecule has 0 saturated carbocycles. The molecule has 0 fully saturated rings. The molecule has 0 saturated heterocycles. The van der Waals surface area contributed by atoms with Gasteiger partial charge in [-0.1, -0.05) is 11.6 Å². The molecular formula is C12H20ClN3OS. The molecule has 1 atom stereocenters. The summed E-state index contributed by atoms with van der Waals surface area (Å²) in [5.74, 6) is 0.0454. The van der Waals surface area contributed by atoms with Gasteiger partial charge in [-0.15, -0.1) is 11.3 Å². The minimum Gasteiger partial charge on any atom is -0.356 e. The van der Waals surface area contributed by atoms with Gasteiger partial charge < -0.3 is 11.1 Å². The topological polar surface area (TPSA) is 58.4 Å². The summed E-state index contributed by atoms with van der Waals surface area (Å²) in [6.07, 6.45) is 0.431. The van der Waals surface area contributed by atoms with Gasteiger partial charge in [0.25, 0.3) is 0 Å². The molecule has 0 bridgehead atoms. The number of nitrogens with two attached hydrogens (primary N) is 1. The van der Waals surface area contributed by atoms with Crippen molar-refractivity contribution in [1.29, 1.82) is 0 Å². The van der Waals surface area contributed by atoms with Crippen molar-refractivity contribution in [3.05, 3.63) is 21.3 Å². The lowest BCUT2D eigenvalue weighted by Gasteiger charge is -2.25. The van der Waals surface area contributed by atoms with E-state index in [0.717, 1.165) is 10.9 Å². The monoisotopic (exact) mass is 289 g/mol. The third-order valence-corrected chi connectivity index (χ3v) is 3.94. The molecule has 102 valence electrons. The second kappa shape index (κ2) is 7.74. The number of carbonyl (C=O) groups excluding carboxylic acids is 1. The SMILES string of the molecule is CCNC(=O)CC(CN)N(C)Cc1ccc(Cl)s1. The Hall–Kier alpha value is -0.620. The van der Waals surface area contributed by atoms with Crippen LogP contribution >= 0.6 is 22.9 Å². The first-order valence-electron chi connectivity index (χ1n) is 5.98. The summed E-state index contributed by atoms with van der Waals surface area (Å²) in [7, 11) is 1.98. The highest BCUT2D eigenvalue weighted by molar-refractivity contribution is 7.16. The molecule has 4 nitrogen and oxygen atoms in total. The van der Waals surface area contributed by atoms with E-state index in [1.54, 1.807) is 11.3 Å². The smallest absolute Gasteiger partial charge is 0.221 e. The first kappa shape index (κ1) is 15.4. The molecule has 1 amide bonds. The summed E-state index contributed by atoms with van der Waals surface area (Å²) in [4.78, 5) is 14.8. The van der Waals surface area contributed by atoms with Crippen LogP contribution in [0.3, 0.4) is 0 Å². The predicted octanol–water partition coefficient (Wildman–Crippen LogP) is 1.69. The second-order valence-electron chi connectivity index (χ2n) is 4.17. The fourth-order valence-corrected chi connectivity index (χ4v) is 2.87. The molecule has 3 N–H and O–H groups in total. The Morgan fingerprint density at radius 1 is 1.61 bits per heavy atom. The number of hydrogen-bond acceptors (Lipinski definition) is 4. The molecule has 1 aromatic rings. The molecule has 1 unspecified atom stereocenters. The molecule has 0 aliphatic heterocycles. The maximum absolute atomic E-state index is 11.6. The van der Waals surface area contributed by atoms with Crippen molar-refractivity contribution in [3.63, 3.8) is 0 Å². The molecule has 0 aliphatic rings. The van der Waals surface area contributed by atoms with E-state index < -0.39 is 0 Å². The number of rotatable bonds is 7. The Balaban J connectivity index is 2.51. The quantitative estimate of drug-likeness (QED) is 0.803. The largest absolute Gasteiger partial charge is 0.356 e. The van der Waals surface area contributed by atoms with E-state index in [2.05, 4.69) is 10.2 Å². The highest BCUT2D eigenvalue weighted by Crippen LogP contribution is 2.23. The zero-order valence-corrected chi connectivity index (χ0v) is 12.4. The average Bonchev–Trinajstić information content (AvgIpc) is 2.72. The van der Waals surface area contributed by atoms with E-state index in [1.807, 2.05) is 26.1 Å².